The van der Waals surface area contributed by atoms with Crippen molar-refractivity contribution in [2.45, 2.75) is 38.7 Å². The number of aliphatic hydroxyl groups excluding tert-OH is 1. The van der Waals surface area contributed by atoms with Gasteiger partial charge in [0.05, 0.1) is 6.42 Å². The Morgan fingerprint density at radius 1 is 1.06 bits per heavy atom. The van der Waals surface area contributed by atoms with E-state index in [1.54, 1.807) is 0 Å². The first-order chi connectivity index (χ1) is 7.31. The van der Waals surface area contributed by atoms with Crippen molar-refractivity contribution in [1.82, 2.24) is 0 Å². The highest BCUT2D eigenvalue weighted by molar-refractivity contribution is 5.79. The van der Waals surface area contributed by atoms with E-state index in [0.717, 1.165) is 12.8 Å². The average molecular weight is 236 g/mol. The van der Waals surface area contributed by atoms with Crippen LogP contribution in [-0.2, 0) is 14.4 Å². The second-order valence-corrected chi connectivity index (χ2v) is 2.95. The molecule has 0 radical (unpaired) electrons. The minimum Gasteiger partial charge on any atom is -0.481 e. The standard InChI is InChI=1S/C5H10O2.C4H6O5/c1-2-3-4-5(6)7;5-2(4(8)9)1-3(6)7/h2-4H2,1H3,(H,6,7);2,5H,1H2,(H,6,7)(H,8,9). The van der Waals surface area contributed by atoms with Gasteiger partial charge in [0, 0.05) is 6.42 Å². The Kier molecular flexibility index (Phi) is 10.4. The van der Waals surface area contributed by atoms with Crippen molar-refractivity contribution in [2.75, 3.05) is 0 Å². The Balaban J connectivity index is 0. The largest absolute Gasteiger partial charge is 0.481 e. The Hall–Kier alpha value is -1.63. The third-order valence-electron chi connectivity index (χ3n) is 1.40. The summed E-state index contributed by atoms with van der Waals surface area (Å²) in [4.78, 5) is 29.2. The number of carboxylic acid groups (broad SMARTS) is 3. The zero-order chi connectivity index (χ0) is 13.1. The first-order valence-electron chi connectivity index (χ1n) is 4.65. The Morgan fingerprint density at radius 3 is 1.69 bits per heavy atom. The van der Waals surface area contributed by atoms with Crippen molar-refractivity contribution in [2.24, 2.45) is 0 Å². The number of carbonyl (C=O) groups is 3. The predicted molar refractivity (Wildman–Crippen MR) is 53.1 cm³/mol. The third-order valence-corrected chi connectivity index (χ3v) is 1.40. The van der Waals surface area contributed by atoms with E-state index in [-0.39, 0.29) is 0 Å². The highest BCUT2D eigenvalue weighted by atomic mass is 16.4. The molecule has 0 bridgehead atoms. The molecule has 0 saturated carbocycles. The van der Waals surface area contributed by atoms with Gasteiger partial charge in [0.2, 0.25) is 0 Å². The van der Waals surface area contributed by atoms with Crippen molar-refractivity contribution in [3.63, 3.8) is 0 Å². The summed E-state index contributed by atoms with van der Waals surface area (Å²) in [5, 5.41) is 32.2. The van der Waals surface area contributed by atoms with E-state index in [1.807, 2.05) is 6.92 Å². The molecule has 4 N–H and O–H groups in total. The summed E-state index contributed by atoms with van der Waals surface area (Å²) < 4.78 is 0. The molecule has 0 saturated heterocycles. The monoisotopic (exact) mass is 236 g/mol. The number of hydrogen-bond acceptors (Lipinski definition) is 4. The van der Waals surface area contributed by atoms with Gasteiger partial charge in [-0.3, -0.25) is 9.59 Å². The minimum atomic E-state index is -1.79. The summed E-state index contributed by atoms with van der Waals surface area (Å²) in [6, 6.07) is 0. The Bertz CT molecular complexity index is 236. The molecule has 0 aromatic carbocycles. The quantitative estimate of drug-likeness (QED) is 0.516. The fourth-order valence-electron chi connectivity index (χ4n) is 0.581. The van der Waals surface area contributed by atoms with Gasteiger partial charge in [-0.1, -0.05) is 13.3 Å². The van der Waals surface area contributed by atoms with Crippen LogP contribution in [-0.4, -0.2) is 44.4 Å². The fraction of sp³-hybridized carbons (Fsp3) is 0.667. The smallest absolute Gasteiger partial charge is 0.333 e. The summed E-state index contributed by atoms with van der Waals surface area (Å²) in [7, 11) is 0. The fourth-order valence-corrected chi connectivity index (χ4v) is 0.581. The maximum Gasteiger partial charge on any atom is 0.333 e. The van der Waals surface area contributed by atoms with E-state index in [2.05, 4.69) is 0 Å². The molecule has 94 valence electrons. The lowest BCUT2D eigenvalue weighted by Gasteiger charge is -1.97. The van der Waals surface area contributed by atoms with Crippen molar-refractivity contribution >= 4 is 17.9 Å². The molecule has 0 fully saturated rings. The van der Waals surface area contributed by atoms with Gasteiger partial charge >= 0.3 is 17.9 Å². The highest BCUT2D eigenvalue weighted by Gasteiger charge is 2.16. The molecule has 1 atom stereocenters. The molecule has 7 heteroatoms. The zero-order valence-corrected chi connectivity index (χ0v) is 8.92. The number of hydrogen-bond donors (Lipinski definition) is 4. The second kappa shape index (κ2) is 9.91. The van der Waals surface area contributed by atoms with Crippen LogP contribution in [0, 0.1) is 0 Å². The average Bonchev–Trinajstić information content (AvgIpc) is 2.14. The van der Waals surface area contributed by atoms with Gasteiger partial charge in [0.15, 0.2) is 6.10 Å². The van der Waals surface area contributed by atoms with Crippen LogP contribution in [0.3, 0.4) is 0 Å². The van der Waals surface area contributed by atoms with Crippen LogP contribution in [0.4, 0.5) is 0 Å². The Morgan fingerprint density at radius 2 is 1.56 bits per heavy atom. The van der Waals surface area contributed by atoms with Crippen molar-refractivity contribution < 1.29 is 34.8 Å². The van der Waals surface area contributed by atoms with Crippen molar-refractivity contribution in [1.29, 1.82) is 0 Å². The lowest BCUT2D eigenvalue weighted by Crippen LogP contribution is -2.22. The summed E-state index contributed by atoms with van der Waals surface area (Å²) in [5.41, 5.74) is 0. The number of aliphatic hydroxyl groups is 1. The molecule has 0 aromatic rings. The van der Waals surface area contributed by atoms with Gasteiger partial charge in [0.1, 0.15) is 0 Å². The first-order valence-corrected chi connectivity index (χ1v) is 4.65. The van der Waals surface area contributed by atoms with Crippen LogP contribution in [0.15, 0.2) is 0 Å². The molecular formula is C9H16O7. The van der Waals surface area contributed by atoms with Gasteiger partial charge in [-0.15, -0.1) is 0 Å². The summed E-state index contributed by atoms with van der Waals surface area (Å²) in [6.07, 6.45) is -0.463. The van der Waals surface area contributed by atoms with Gasteiger partial charge in [-0.25, -0.2) is 4.79 Å². The van der Waals surface area contributed by atoms with Gasteiger partial charge in [-0.05, 0) is 6.42 Å². The second-order valence-electron chi connectivity index (χ2n) is 2.95. The zero-order valence-electron chi connectivity index (χ0n) is 8.92. The minimum absolute atomic E-state index is 0.316. The summed E-state index contributed by atoms with van der Waals surface area (Å²) in [5.74, 6) is -3.54. The normalized spacial score (nSPS) is 10.9. The van der Waals surface area contributed by atoms with Crippen LogP contribution in [0.2, 0.25) is 0 Å². The molecule has 0 aromatic heterocycles. The third kappa shape index (κ3) is 14.9. The van der Waals surface area contributed by atoms with E-state index in [9.17, 15) is 14.4 Å². The number of unbranched alkanes of at least 4 members (excludes halogenated alkanes) is 1. The van der Waals surface area contributed by atoms with E-state index < -0.39 is 30.4 Å². The molecule has 0 heterocycles. The summed E-state index contributed by atoms with van der Waals surface area (Å²) >= 11 is 0. The highest BCUT2D eigenvalue weighted by Crippen LogP contribution is 1.91. The number of rotatable bonds is 6. The van der Waals surface area contributed by atoms with Crippen LogP contribution < -0.4 is 0 Å². The molecule has 0 spiro atoms. The lowest BCUT2D eigenvalue weighted by molar-refractivity contribution is -0.152. The maximum atomic E-state index is 9.76. The molecule has 0 aliphatic rings. The first kappa shape index (κ1) is 16.8. The SMILES string of the molecule is CCCCC(=O)O.O=C(O)CC(O)C(=O)O. The lowest BCUT2D eigenvalue weighted by atomic mass is 10.3. The van der Waals surface area contributed by atoms with Crippen LogP contribution in [0.25, 0.3) is 0 Å². The molecule has 0 amide bonds. The number of aliphatic carboxylic acids is 3. The van der Waals surface area contributed by atoms with E-state index in [1.165, 1.54) is 0 Å². The van der Waals surface area contributed by atoms with Crippen LogP contribution in [0.5, 0.6) is 0 Å². The van der Waals surface area contributed by atoms with E-state index in [4.69, 9.17) is 20.4 Å². The van der Waals surface area contributed by atoms with Crippen molar-refractivity contribution in [3.8, 4) is 0 Å². The number of carboxylic acids is 3. The van der Waals surface area contributed by atoms with Crippen LogP contribution >= 0.6 is 0 Å². The van der Waals surface area contributed by atoms with Gasteiger partial charge in [-0.2, -0.15) is 0 Å². The van der Waals surface area contributed by atoms with Gasteiger partial charge < -0.3 is 20.4 Å². The molecule has 0 aliphatic carbocycles. The van der Waals surface area contributed by atoms with E-state index >= 15 is 0 Å². The topological polar surface area (TPSA) is 132 Å². The molecular weight excluding hydrogens is 220 g/mol. The van der Waals surface area contributed by atoms with Gasteiger partial charge in [0.25, 0.3) is 0 Å². The van der Waals surface area contributed by atoms with Crippen LogP contribution in [0.1, 0.15) is 32.6 Å². The molecule has 16 heavy (non-hydrogen) atoms. The van der Waals surface area contributed by atoms with Crippen molar-refractivity contribution in [3.05, 3.63) is 0 Å². The molecule has 1 unspecified atom stereocenters. The molecule has 0 rings (SSSR count). The molecule has 0 aliphatic heterocycles. The Labute approximate surface area is 92.3 Å². The molecule has 7 nitrogen and oxygen atoms in total. The maximum absolute atomic E-state index is 9.76. The predicted octanol–water partition coefficient (Wildman–Crippen LogP) is 0.168. The summed E-state index contributed by atoms with van der Waals surface area (Å²) in [6.45, 7) is 1.98. The van der Waals surface area contributed by atoms with E-state index in [0.29, 0.717) is 6.42 Å².